The van der Waals surface area contributed by atoms with Gasteiger partial charge in [0.25, 0.3) is 0 Å². The number of hydrogen-bond donors (Lipinski definition) is 1. The molecule has 0 spiro atoms. The number of nitrogens with zero attached hydrogens (tertiary/aromatic N) is 1. The molecule has 0 rings (SSSR count). The van der Waals surface area contributed by atoms with Crippen LogP contribution in [0.1, 0.15) is 72.6 Å². The van der Waals surface area contributed by atoms with E-state index in [1.54, 1.807) is 5.57 Å². The van der Waals surface area contributed by atoms with Crippen LogP contribution >= 0.6 is 0 Å². The summed E-state index contributed by atoms with van der Waals surface area (Å²) in [5, 5.41) is 8.81. The lowest BCUT2D eigenvalue weighted by Gasteiger charge is -2.14. The second-order valence-corrected chi connectivity index (χ2v) is 7.09. The summed E-state index contributed by atoms with van der Waals surface area (Å²) in [7, 11) is 2.13. The highest BCUT2D eigenvalue weighted by Gasteiger charge is 1.97. The molecule has 0 unspecified atom stereocenters. The number of aliphatic hydroxyl groups is 1. The lowest BCUT2D eigenvalue weighted by atomic mass is 10.0. The largest absolute Gasteiger partial charge is 0.396 e. The summed E-state index contributed by atoms with van der Waals surface area (Å²) in [6.45, 7) is 11.5. The van der Waals surface area contributed by atoms with Gasteiger partial charge in [0.1, 0.15) is 0 Å². The van der Waals surface area contributed by atoms with Gasteiger partial charge in [0.2, 0.25) is 0 Å². The van der Waals surface area contributed by atoms with Crippen molar-refractivity contribution in [3.8, 4) is 0 Å². The van der Waals surface area contributed by atoms with Gasteiger partial charge in [0.05, 0.1) is 0 Å². The van der Waals surface area contributed by atoms with Crippen LogP contribution in [0.15, 0.2) is 23.3 Å². The molecule has 0 radical (unpaired) electrons. The average Bonchev–Trinajstić information content (AvgIpc) is 2.44. The quantitative estimate of drug-likeness (QED) is 0.473. The van der Waals surface area contributed by atoms with Crippen LogP contribution in [0.5, 0.6) is 0 Å². The molecule has 0 saturated carbocycles. The average molecular weight is 310 g/mol. The normalized spacial score (nSPS) is 13.5. The van der Waals surface area contributed by atoms with Gasteiger partial charge in [-0.1, -0.05) is 43.6 Å². The first-order chi connectivity index (χ1) is 10.5. The summed E-state index contributed by atoms with van der Waals surface area (Å²) in [5.74, 6) is 0.827. The number of aliphatic hydroxyl groups excluding tert-OH is 1. The first-order valence-electron chi connectivity index (χ1n) is 9.06. The van der Waals surface area contributed by atoms with Crippen LogP contribution < -0.4 is 0 Å². The molecule has 22 heavy (non-hydrogen) atoms. The zero-order chi connectivity index (χ0) is 16.8. The minimum atomic E-state index is 0.294. The highest BCUT2D eigenvalue weighted by atomic mass is 16.3. The van der Waals surface area contributed by atoms with Crippen LogP contribution in [0, 0.1) is 5.92 Å². The molecule has 0 bridgehead atoms. The lowest BCUT2D eigenvalue weighted by Crippen LogP contribution is -2.21. The topological polar surface area (TPSA) is 23.5 Å². The van der Waals surface area contributed by atoms with Gasteiger partial charge in [0, 0.05) is 19.7 Å². The summed E-state index contributed by atoms with van der Waals surface area (Å²) < 4.78 is 0. The van der Waals surface area contributed by atoms with Crippen LogP contribution in [0.2, 0.25) is 0 Å². The molecule has 130 valence electrons. The molecular weight excluding hydrogens is 270 g/mol. The Morgan fingerprint density at radius 3 is 2.23 bits per heavy atom. The Morgan fingerprint density at radius 1 is 0.955 bits per heavy atom. The van der Waals surface area contributed by atoms with Crippen molar-refractivity contribution in [1.29, 1.82) is 0 Å². The molecule has 0 aliphatic heterocycles. The van der Waals surface area contributed by atoms with Gasteiger partial charge < -0.3 is 10.0 Å². The van der Waals surface area contributed by atoms with Crippen molar-refractivity contribution < 1.29 is 5.11 Å². The number of allylic oxidation sites excluding steroid dienone is 3. The summed E-state index contributed by atoms with van der Waals surface area (Å²) in [4.78, 5) is 2.29. The molecule has 0 aromatic rings. The van der Waals surface area contributed by atoms with Gasteiger partial charge in [-0.3, -0.25) is 0 Å². The molecule has 2 nitrogen and oxygen atoms in total. The Labute approximate surface area is 139 Å². The van der Waals surface area contributed by atoms with Crippen molar-refractivity contribution in [3.05, 3.63) is 23.3 Å². The molecule has 0 heterocycles. The standard InChI is InChI=1S/C20H39NO/c1-18(2)10-6-11-19(3)12-7-13-20(4)14-8-15-21(5)16-9-17-22/h12,14,18,22H,6-11,13,15-17H2,1-5H3/b19-12+,20-14+. The fraction of sp³-hybridized carbons (Fsp3) is 0.800. The highest BCUT2D eigenvalue weighted by molar-refractivity contribution is 5.03. The Kier molecular flexibility index (Phi) is 13.6. The predicted octanol–water partition coefficient (Wildman–Crippen LogP) is 5.19. The zero-order valence-electron chi connectivity index (χ0n) is 15.7. The van der Waals surface area contributed by atoms with Crippen molar-refractivity contribution in [1.82, 2.24) is 4.90 Å². The smallest absolute Gasteiger partial charge is 0.0443 e. The van der Waals surface area contributed by atoms with E-state index in [-0.39, 0.29) is 0 Å². The van der Waals surface area contributed by atoms with Crippen molar-refractivity contribution in [3.63, 3.8) is 0 Å². The summed E-state index contributed by atoms with van der Waals surface area (Å²) in [6, 6.07) is 0. The van der Waals surface area contributed by atoms with E-state index < -0.39 is 0 Å². The van der Waals surface area contributed by atoms with E-state index in [2.05, 4.69) is 51.8 Å². The molecule has 0 aromatic heterocycles. The van der Waals surface area contributed by atoms with Crippen LogP contribution in [-0.4, -0.2) is 36.8 Å². The molecule has 2 heteroatoms. The van der Waals surface area contributed by atoms with Gasteiger partial charge in [-0.2, -0.15) is 0 Å². The van der Waals surface area contributed by atoms with Crippen LogP contribution in [0.4, 0.5) is 0 Å². The molecule has 0 amide bonds. The molecule has 0 fully saturated rings. The van der Waals surface area contributed by atoms with Crippen molar-refractivity contribution in [2.24, 2.45) is 5.92 Å². The highest BCUT2D eigenvalue weighted by Crippen LogP contribution is 2.14. The SMILES string of the molecule is C/C(=C\CCN(C)CCCO)CC/C=C(\C)CCCC(C)C. The van der Waals surface area contributed by atoms with Crippen LogP contribution in [-0.2, 0) is 0 Å². The molecule has 1 N–H and O–H groups in total. The Morgan fingerprint density at radius 2 is 1.59 bits per heavy atom. The zero-order valence-corrected chi connectivity index (χ0v) is 15.7. The van der Waals surface area contributed by atoms with E-state index >= 15 is 0 Å². The Hall–Kier alpha value is -0.600. The third-order valence-corrected chi connectivity index (χ3v) is 4.09. The molecular formula is C20H39NO. The fourth-order valence-electron chi connectivity index (χ4n) is 2.52. The summed E-state index contributed by atoms with van der Waals surface area (Å²) >= 11 is 0. The second kappa shape index (κ2) is 14.0. The third-order valence-electron chi connectivity index (χ3n) is 4.09. The van der Waals surface area contributed by atoms with Gasteiger partial charge in [-0.25, -0.2) is 0 Å². The first-order valence-corrected chi connectivity index (χ1v) is 9.06. The molecule has 0 aliphatic rings. The molecule has 0 aromatic carbocycles. The van der Waals surface area contributed by atoms with Gasteiger partial charge >= 0.3 is 0 Å². The fourth-order valence-corrected chi connectivity index (χ4v) is 2.52. The minimum Gasteiger partial charge on any atom is -0.396 e. The number of rotatable bonds is 13. The van der Waals surface area contributed by atoms with Crippen molar-refractivity contribution >= 4 is 0 Å². The van der Waals surface area contributed by atoms with Gasteiger partial charge in [-0.15, -0.1) is 0 Å². The Bertz CT molecular complexity index is 318. The van der Waals surface area contributed by atoms with Crippen molar-refractivity contribution in [2.75, 3.05) is 26.7 Å². The monoisotopic (exact) mass is 309 g/mol. The van der Waals surface area contributed by atoms with E-state index in [1.165, 1.54) is 37.7 Å². The van der Waals surface area contributed by atoms with Crippen molar-refractivity contribution in [2.45, 2.75) is 72.6 Å². The van der Waals surface area contributed by atoms with E-state index in [4.69, 9.17) is 5.11 Å². The van der Waals surface area contributed by atoms with Gasteiger partial charge in [0.15, 0.2) is 0 Å². The van der Waals surface area contributed by atoms with E-state index in [1.807, 2.05) is 0 Å². The Balaban J connectivity index is 3.77. The molecule has 0 aliphatic carbocycles. The van der Waals surface area contributed by atoms with Gasteiger partial charge in [-0.05, 0) is 65.3 Å². The maximum absolute atomic E-state index is 8.81. The van der Waals surface area contributed by atoms with E-state index in [0.29, 0.717) is 6.61 Å². The molecule has 0 saturated heterocycles. The minimum absolute atomic E-state index is 0.294. The lowest BCUT2D eigenvalue weighted by molar-refractivity contribution is 0.249. The van der Waals surface area contributed by atoms with E-state index in [9.17, 15) is 0 Å². The number of hydrogen-bond acceptors (Lipinski definition) is 2. The van der Waals surface area contributed by atoms with Crippen LogP contribution in [0.3, 0.4) is 0 Å². The molecule has 0 atom stereocenters. The van der Waals surface area contributed by atoms with E-state index in [0.717, 1.165) is 31.8 Å². The summed E-state index contributed by atoms with van der Waals surface area (Å²) in [5.41, 5.74) is 3.05. The second-order valence-electron chi connectivity index (χ2n) is 7.09. The maximum atomic E-state index is 8.81. The first kappa shape index (κ1) is 21.4. The predicted molar refractivity (Wildman–Crippen MR) is 99.3 cm³/mol. The van der Waals surface area contributed by atoms with Crippen LogP contribution in [0.25, 0.3) is 0 Å². The third kappa shape index (κ3) is 14.3. The maximum Gasteiger partial charge on any atom is 0.0443 e. The summed E-state index contributed by atoms with van der Waals surface area (Å²) in [6.07, 6.45) is 13.1.